The lowest BCUT2D eigenvalue weighted by Crippen LogP contribution is -2.63. The zero-order chi connectivity index (χ0) is 24.2. The molecule has 0 unspecified atom stereocenters. The van der Waals surface area contributed by atoms with Gasteiger partial charge in [-0.15, -0.1) is 0 Å². The quantitative estimate of drug-likeness (QED) is 0.137. The van der Waals surface area contributed by atoms with E-state index in [-0.39, 0.29) is 30.1 Å². The predicted octanol–water partition coefficient (Wildman–Crippen LogP) is 0.401. The number of aromatic nitrogens is 2. The average molecular weight is 495 g/mol. The van der Waals surface area contributed by atoms with E-state index in [1.165, 1.54) is 28.0 Å². The number of β-lactam (4-membered cyclic amide) rings is 1. The number of thioether (sulfide) groups is 1. The minimum Gasteiger partial charge on any atom is -0.477 e. The van der Waals surface area contributed by atoms with Crippen molar-refractivity contribution >= 4 is 51.2 Å². The topological polar surface area (TPSA) is 145 Å². The van der Waals surface area contributed by atoms with E-state index < -0.39 is 24.1 Å². The number of amides is 1. The van der Waals surface area contributed by atoms with Gasteiger partial charge >= 0.3 is 5.97 Å². The van der Waals surface area contributed by atoms with Gasteiger partial charge in [-0.1, -0.05) is 30.0 Å². The first-order valence-electron chi connectivity index (χ1n) is 10.6. The second-order valence-corrected chi connectivity index (χ2v) is 10.4. The normalized spacial score (nSPS) is 24.9. The third-order valence-corrected chi connectivity index (χ3v) is 8.28. The van der Waals surface area contributed by atoms with Crippen LogP contribution in [0.15, 0.2) is 28.2 Å². The van der Waals surface area contributed by atoms with E-state index in [2.05, 4.69) is 4.99 Å². The van der Waals surface area contributed by atoms with Crippen molar-refractivity contribution in [2.75, 3.05) is 12.8 Å². The summed E-state index contributed by atoms with van der Waals surface area (Å²) in [6.07, 6.45) is 4.14. The molecule has 0 aliphatic carbocycles. The lowest BCUT2D eigenvalue weighted by atomic mass is 9.77. The first-order valence-corrected chi connectivity index (χ1v) is 12.6. The first kappa shape index (κ1) is 23.7. The van der Waals surface area contributed by atoms with E-state index in [0.717, 1.165) is 14.7 Å². The number of nitrogens with zero attached hydrogens (tertiary/aromatic N) is 4. The number of rotatable bonds is 8. The largest absolute Gasteiger partial charge is 0.477 e. The summed E-state index contributed by atoms with van der Waals surface area (Å²) in [7, 11) is 0. The molecule has 0 bridgehead atoms. The van der Waals surface area contributed by atoms with Crippen LogP contribution in [0, 0.1) is 11.8 Å². The fourth-order valence-electron chi connectivity index (χ4n) is 4.82. The van der Waals surface area contributed by atoms with Crippen molar-refractivity contribution in [1.29, 1.82) is 0 Å². The molecular weight excluding hydrogens is 466 g/mol. The fourth-order valence-corrected chi connectivity index (χ4v) is 7.01. The number of carbonyl (C=O) groups is 2. The number of imidazole rings is 1. The van der Waals surface area contributed by atoms with Crippen LogP contribution in [0.4, 0.5) is 0 Å². The van der Waals surface area contributed by atoms with Gasteiger partial charge in [0, 0.05) is 11.5 Å². The Bertz CT molecular complexity index is 1180. The van der Waals surface area contributed by atoms with Gasteiger partial charge in [-0.05, 0) is 20.1 Å². The van der Waals surface area contributed by atoms with E-state index in [1.807, 2.05) is 34.7 Å². The number of hydrogen-bond donors (Lipinski definition) is 4. The van der Waals surface area contributed by atoms with Crippen LogP contribution in [0.25, 0.3) is 10.4 Å². The van der Waals surface area contributed by atoms with Crippen LogP contribution in [0.2, 0.25) is 0 Å². The fraction of sp³-hybridized carbons (Fsp3) is 0.524. The van der Waals surface area contributed by atoms with Crippen molar-refractivity contribution in [2.24, 2.45) is 22.6 Å². The van der Waals surface area contributed by atoms with E-state index in [9.17, 15) is 24.9 Å². The van der Waals surface area contributed by atoms with Crippen molar-refractivity contribution < 1.29 is 29.5 Å². The number of hydrogen-bond acceptors (Lipinski definition) is 7. The van der Waals surface area contributed by atoms with E-state index >= 15 is 0 Å². The summed E-state index contributed by atoms with van der Waals surface area (Å²) in [4.78, 5) is 31.8. The SMILES string of the molecule is CSc1c2sc(C3=C(C(=O)O)N4C(=O)[C@H]([C@@H](C)O)[C@H]4[C@H]3C)cn2c[n+]1C[C@H](O)CN=C(C)N. The molecule has 1 fully saturated rings. The zero-order valence-electron chi connectivity index (χ0n) is 18.8. The lowest BCUT2D eigenvalue weighted by Gasteiger charge is -2.46. The molecule has 10 nitrogen and oxygen atoms in total. The maximum atomic E-state index is 12.6. The Balaban J connectivity index is 1.71. The number of aliphatic hydroxyl groups is 2. The molecule has 2 aliphatic rings. The van der Waals surface area contributed by atoms with Gasteiger partial charge in [0.05, 0.1) is 35.3 Å². The smallest absolute Gasteiger partial charge is 0.352 e. The number of carboxylic acid groups (broad SMARTS) is 1. The van der Waals surface area contributed by atoms with Gasteiger partial charge in [0.15, 0.2) is 0 Å². The molecule has 12 heteroatoms. The van der Waals surface area contributed by atoms with Gasteiger partial charge in [0.1, 0.15) is 24.5 Å². The Morgan fingerprint density at radius 3 is 2.70 bits per heavy atom. The van der Waals surface area contributed by atoms with Crippen LogP contribution in [0.1, 0.15) is 25.6 Å². The molecule has 178 valence electrons. The number of nitrogens with two attached hydrogens (primary N) is 1. The van der Waals surface area contributed by atoms with Crippen LogP contribution in [-0.2, 0) is 16.1 Å². The Morgan fingerprint density at radius 2 is 2.12 bits per heavy atom. The standard InChI is InChI=1S/C21H27N5O5S2/c1-9-14(17(21(30)31)26-16(9)15(10(2)27)18(26)29)13-7-25-8-24(19(32-4)20(25)33-13)6-12(28)5-23-11(3)22/h7-10,12,15-16,27-28H,5-6H2,1-4H3,(H2-,22,23,30,31)/p+1/t9-,10+,12+,15+,16+/m0/s1. The summed E-state index contributed by atoms with van der Waals surface area (Å²) in [5.74, 6) is -1.89. The van der Waals surface area contributed by atoms with E-state index in [4.69, 9.17) is 5.73 Å². The zero-order valence-corrected chi connectivity index (χ0v) is 20.4. The molecule has 0 spiro atoms. The molecule has 33 heavy (non-hydrogen) atoms. The highest BCUT2D eigenvalue weighted by molar-refractivity contribution is 7.98. The molecule has 4 rings (SSSR count). The van der Waals surface area contributed by atoms with Gasteiger partial charge in [-0.2, -0.15) is 4.40 Å². The molecule has 5 N–H and O–H groups in total. The molecule has 2 aliphatic heterocycles. The summed E-state index contributed by atoms with van der Waals surface area (Å²) < 4.78 is 3.86. The molecule has 0 saturated carbocycles. The number of aliphatic imine (C=N–C) groups is 1. The number of carbonyl (C=O) groups excluding carboxylic acids is 1. The minimum absolute atomic E-state index is 0.00270. The molecule has 0 aromatic carbocycles. The summed E-state index contributed by atoms with van der Waals surface area (Å²) in [6.45, 7) is 5.70. The highest BCUT2D eigenvalue weighted by Crippen LogP contribution is 2.51. The highest BCUT2D eigenvalue weighted by Gasteiger charge is 2.60. The maximum absolute atomic E-state index is 12.6. The Kier molecular flexibility index (Phi) is 6.29. The molecule has 1 amide bonds. The van der Waals surface area contributed by atoms with E-state index in [0.29, 0.717) is 18.0 Å². The molecule has 2 aromatic rings. The summed E-state index contributed by atoms with van der Waals surface area (Å²) >= 11 is 2.98. The third-order valence-electron chi connectivity index (χ3n) is 6.20. The number of thiazole rings is 1. The molecular formula is C21H28N5O5S2+. The van der Waals surface area contributed by atoms with Gasteiger partial charge in [0.2, 0.25) is 15.8 Å². The Morgan fingerprint density at radius 1 is 1.42 bits per heavy atom. The van der Waals surface area contributed by atoms with Gasteiger partial charge in [-0.3, -0.25) is 9.79 Å². The van der Waals surface area contributed by atoms with Crippen LogP contribution in [0.3, 0.4) is 0 Å². The number of aliphatic carboxylic acids is 1. The lowest BCUT2D eigenvalue weighted by molar-refractivity contribution is -0.735. The van der Waals surface area contributed by atoms with Crippen molar-refractivity contribution in [3.8, 4) is 0 Å². The van der Waals surface area contributed by atoms with E-state index in [1.54, 1.807) is 13.8 Å². The van der Waals surface area contributed by atoms with Crippen LogP contribution < -0.4 is 10.3 Å². The molecule has 4 heterocycles. The highest BCUT2D eigenvalue weighted by atomic mass is 32.2. The molecule has 5 atom stereocenters. The van der Waals surface area contributed by atoms with Gasteiger partial charge in [0.25, 0.3) is 6.33 Å². The predicted molar refractivity (Wildman–Crippen MR) is 125 cm³/mol. The van der Waals surface area contributed by atoms with Crippen LogP contribution >= 0.6 is 23.1 Å². The van der Waals surface area contributed by atoms with Gasteiger partial charge in [-0.25, -0.2) is 9.36 Å². The van der Waals surface area contributed by atoms with Crippen molar-refractivity contribution in [3.63, 3.8) is 0 Å². The Hall–Kier alpha value is -2.41. The van der Waals surface area contributed by atoms with Crippen molar-refractivity contribution in [1.82, 2.24) is 9.30 Å². The summed E-state index contributed by atoms with van der Waals surface area (Å²) in [5.41, 5.74) is 6.17. The third kappa shape index (κ3) is 3.84. The summed E-state index contributed by atoms with van der Waals surface area (Å²) in [5, 5.41) is 31.2. The number of carboxylic acids is 1. The van der Waals surface area contributed by atoms with Gasteiger partial charge < -0.3 is 26.0 Å². The van der Waals surface area contributed by atoms with Crippen LogP contribution in [0.5, 0.6) is 0 Å². The molecule has 1 saturated heterocycles. The Labute approximate surface area is 199 Å². The number of aliphatic hydroxyl groups excluding tert-OH is 2. The second kappa shape index (κ2) is 8.75. The number of fused-ring (bicyclic) bond motifs is 2. The van der Waals surface area contributed by atoms with Crippen molar-refractivity contribution in [2.45, 2.75) is 50.6 Å². The monoisotopic (exact) mass is 494 g/mol. The second-order valence-electron chi connectivity index (χ2n) is 8.54. The first-order chi connectivity index (χ1) is 15.6. The molecule has 2 aromatic heterocycles. The van der Waals surface area contributed by atoms with Crippen LogP contribution in [-0.4, -0.2) is 73.4 Å². The average Bonchev–Trinajstić information content (AvgIpc) is 3.33. The number of amidine groups is 1. The minimum atomic E-state index is -1.14. The van der Waals surface area contributed by atoms with Crippen molar-refractivity contribution in [3.05, 3.63) is 23.1 Å². The summed E-state index contributed by atoms with van der Waals surface area (Å²) in [6, 6.07) is -0.355. The molecule has 0 radical (unpaired) electrons. The maximum Gasteiger partial charge on any atom is 0.352 e.